The van der Waals surface area contributed by atoms with Crippen molar-refractivity contribution in [3.8, 4) is 0 Å². The van der Waals surface area contributed by atoms with Crippen LogP contribution in [0, 0.1) is 5.92 Å². The number of aromatic nitrogens is 2. The monoisotopic (exact) mass is 617 g/mol. The van der Waals surface area contributed by atoms with Crippen molar-refractivity contribution < 1.29 is 0 Å². The molecule has 3 aromatic rings. The Labute approximate surface area is 267 Å². The van der Waals surface area contributed by atoms with Crippen LogP contribution in [0.4, 0.5) is 23.3 Å². The third-order valence-electron chi connectivity index (χ3n) is 9.47. The molecule has 43 heavy (non-hydrogen) atoms. The SMILES string of the molecule is C[C@@H]1CCCN(c2cc(N3CCN(c4ccccc4)CC3)nc(NC(=S)NCC3(c4cccc(Cl)c4)CCCCC3)n2)C1. The van der Waals surface area contributed by atoms with Gasteiger partial charge in [0.1, 0.15) is 11.6 Å². The first kappa shape index (κ1) is 29.9. The Morgan fingerprint density at radius 2 is 1.58 bits per heavy atom. The molecule has 1 aliphatic carbocycles. The molecule has 1 aromatic heterocycles. The van der Waals surface area contributed by atoms with Gasteiger partial charge in [0.15, 0.2) is 5.11 Å². The van der Waals surface area contributed by atoms with Crippen molar-refractivity contribution in [3.63, 3.8) is 0 Å². The number of hydrogen-bond acceptors (Lipinski definition) is 6. The zero-order valence-electron chi connectivity index (χ0n) is 25.3. The molecule has 6 rings (SSSR count). The minimum Gasteiger partial charge on any atom is -0.368 e. The summed E-state index contributed by atoms with van der Waals surface area (Å²) in [6.07, 6.45) is 8.42. The molecule has 2 aliphatic heterocycles. The number of thiocarbonyl (C=S) groups is 1. The van der Waals surface area contributed by atoms with E-state index < -0.39 is 0 Å². The summed E-state index contributed by atoms with van der Waals surface area (Å²) in [5.74, 6) is 3.16. The van der Waals surface area contributed by atoms with Gasteiger partial charge in [0, 0.05) is 68.0 Å². The highest BCUT2D eigenvalue weighted by Gasteiger charge is 2.34. The fourth-order valence-corrected chi connectivity index (χ4v) is 7.40. The highest BCUT2D eigenvalue weighted by molar-refractivity contribution is 7.80. The second kappa shape index (κ2) is 13.7. The average molecular weight is 618 g/mol. The van der Waals surface area contributed by atoms with E-state index in [1.54, 1.807) is 0 Å². The van der Waals surface area contributed by atoms with Crippen LogP contribution in [0.15, 0.2) is 60.7 Å². The number of piperazine rings is 1. The molecule has 3 aliphatic rings. The maximum absolute atomic E-state index is 6.42. The van der Waals surface area contributed by atoms with Gasteiger partial charge in [0.05, 0.1) is 0 Å². The molecule has 3 heterocycles. The minimum absolute atomic E-state index is 0.0190. The molecule has 2 aromatic carbocycles. The lowest BCUT2D eigenvalue weighted by Gasteiger charge is -2.38. The van der Waals surface area contributed by atoms with Crippen LogP contribution in [0.25, 0.3) is 0 Å². The highest BCUT2D eigenvalue weighted by atomic mass is 35.5. The summed E-state index contributed by atoms with van der Waals surface area (Å²) in [6.45, 7) is 8.86. The van der Waals surface area contributed by atoms with Crippen LogP contribution in [0.3, 0.4) is 0 Å². The Morgan fingerprint density at radius 3 is 2.30 bits per heavy atom. The molecule has 228 valence electrons. The molecular weight excluding hydrogens is 574 g/mol. The summed E-state index contributed by atoms with van der Waals surface area (Å²) in [7, 11) is 0. The fourth-order valence-electron chi connectivity index (χ4n) is 7.04. The summed E-state index contributed by atoms with van der Waals surface area (Å²) >= 11 is 12.3. The molecule has 1 saturated carbocycles. The van der Waals surface area contributed by atoms with E-state index >= 15 is 0 Å². The quantitative estimate of drug-likeness (QED) is 0.278. The Bertz CT molecular complexity index is 1370. The van der Waals surface area contributed by atoms with E-state index in [1.807, 2.05) is 6.07 Å². The maximum atomic E-state index is 6.42. The maximum Gasteiger partial charge on any atom is 0.232 e. The van der Waals surface area contributed by atoms with Gasteiger partial charge < -0.3 is 25.3 Å². The lowest BCUT2D eigenvalue weighted by atomic mass is 9.69. The van der Waals surface area contributed by atoms with Crippen molar-refractivity contribution in [2.75, 3.05) is 65.8 Å². The van der Waals surface area contributed by atoms with E-state index in [9.17, 15) is 0 Å². The van der Waals surface area contributed by atoms with Crippen LogP contribution in [0.5, 0.6) is 0 Å². The Hall–Kier alpha value is -3.10. The van der Waals surface area contributed by atoms with Gasteiger partial charge in [-0.05, 0) is 73.6 Å². The number of hydrogen-bond donors (Lipinski definition) is 2. The van der Waals surface area contributed by atoms with Crippen molar-refractivity contribution in [1.29, 1.82) is 0 Å². The molecular formula is C34H44ClN7S. The second-order valence-corrected chi connectivity index (χ2v) is 13.4. The van der Waals surface area contributed by atoms with E-state index in [2.05, 4.69) is 86.9 Å². The fraction of sp³-hybridized carbons (Fsp3) is 0.500. The lowest BCUT2D eigenvalue weighted by Crippen LogP contribution is -2.47. The van der Waals surface area contributed by atoms with E-state index in [1.165, 1.54) is 43.4 Å². The van der Waals surface area contributed by atoms with Gasteiger partial charge in [-0.1, -0.05) is 68.1 Å². The molecule has 3 fully saturated rings. The van der Waals surface area contributed by atoms with Crippen LogP contribution in [0.1, 0.15) is 57.4 Å². The van der Waals surface area contributed by atoms with Crippen molar-refractivity contribution in [2.24, 2.45) is 5.92 Å². The number of halogens is 1. The number of benzene rings is 2. The largest absolute Gasteiger partial charge is 0.368 e. The van der Waals surface area contributed by atoms with Crippen molar-refractivity contribution in [1.82, 2.24) is 15.3 Å². The predicted octanol–water partition coefficient (Wildman–Crippen LogP) is 6.88. The van der Waals surface area contributed by atoms with Crippen molar-refractivity contribution >= 4 is 52.2 Å². The molecule has 0 unspecified atom stereocenters. The molecule has 1 atom stereocenters. The van der Waals surface area contributed by atoms with E-state index in [0.29, 0.717) is 17.0 Å². The van der Waals surface area contributed by atoms with Gasteiger partial charge in [-0.15, -0.1) is 0 Å². The molecule has 0 bridgehead atoms. The number of piperidine rings is 1. The lowest BCUT2D eigenvalue weighted by molar-refractivity contribution is 0.292. The third kappa shape index (κ3) is 7.35. The van der Waals surface area contributed by atoms with E-state index in [4.69, 9.17) is 33.8 Å². The molecule has 2 saturated heterocycles. The smallest absolute Gasteiger partial charge is 0.232 e. The topological polar surface area (TPSA) is 59.6 Å². The molecule has 0 radical (unpaired) electrons. The minimum atomic E-state index is 0.0190. The van der Waals surface area contributed by atoms with Gasteiger partial charge in [-0.25, -0.2) is 0 Å². The van der Waals surface area contributed by atoms with Gasteiger partial charge in [0.2, 0.25) is 5.95 Å². The average Bonchev–Trinajstić information content (AvgIpc) is 3.05. The van der Waals surface area contributed by atoms with Gasteiger partial charge in [-0.2, -0.15) is 9.97 Å². The molecule has 0 amide bonds. The number of nitrogens with zero attached hydrogens (tertiary/aromatic N) is 5. The molecule has 7 nitrogen and oxygen atoms in total. The molecule has 0 spiro atoms. The normalized spacial score (nSPS) is 20.5. The highest BCUT2D eigenvalue weighted by Crippen LogP contribution is 2.40. The Kier molecular flexibility index (Phi) is 9.53. The second-order valence-electron chi connectivity index (χ2n) is 12.6. The van der Waals surface area contributed by atoms with Crippen LogP contribution in [0.2, 0.25) is 5.02 Å². The van der Waals surface area contributed by atoms with Crippen LogP contribution < -0.4 is 25.3 Å². The molecule has 2 N–H and O–H groups in total. The van der Waals surface area contributed by atoms with Gasteiger partial charge in [-0.3, -0.25) is 0 Å². The first-order chi connectivity index (χ1) is 21.0. The van der Waals surface area contributed by atoms with Crippen LogP contribution in [-0.4, -0.2) is 60.9 Å². The zero-order valence-corrected chi connectivity index (χ0v) is 26.8. The standard InChI is InChI=1S/C34H44ClN7S/c1-26-10-9-17-42(24-26)31-23-30(41-20-18-40(19-21-41)29-13-4-2-5-14-29)37-32(38-31)39-33(43)36-25-34(15-6-3-7-16-34)27-11-8-12-28(35)22-27/h2,4-5,8,11-14,22-23,26H,3,6-7,9-10,15-21,24-25H2,1H3,(H2,36,37,38,39,43)/t26-/m1/s1. The van der Waals surface area contributed by atoms with E-state index in [0.717, 1.165) is 75.3 Å². The summed E-state index contributed by atoms with van der Waals surface area (Å²) in [5.41, 5.74) is 2.59. The number of rotatable bonds is 7. The van der Waals surface area contributed by atoms with Gasteiger partial charge >= 0.3 is 0 Å². The first-order valence-electron chi connectivity index (χ1n) is 16.0. The summed E-state index contributed by atoms with van der Waals surface area (Å²) in [4.78, 5) is 17.2. The van der Waals surface area contributed by atoms with Crippen LogP contribution >= 0.6 is 23.8 Å². The Balaban J connectivity index is 1.18. The first-order valence-corrected chi connectivity index (χ1v) is 16.8. The summed E-state index contributed by atoms with van der Waals surface area (Å²) < 4.78 is 0. The van der Waals surface area contributed by atoms with Crippen molar-refractivity contribution in [2.45, 2.75) is 57.3 Å². The zero-order chi connectivity index (χ0) is 29.6. The number of nitrogens with one attached hydrogen (secondary N) is 2. The number of para-hydroxylation sites is 1. The number of anilines is 4. The van der Waals surface area contributed by atoms with E-state index in [-0.39, 0.29) is 5.41 Å². The Morgan fingerprint density at radius 1 is 0.860 bits per heavy atom. The van der Waals surface area contributed by atoms with Crippen LogP contribution in [-0.2, 0) is 5.41 Å². The third-order valence-corrected chi connectivity index (χ3v) is 9.95. The molecule has 9 heteroatoms. The summed E-state index contributed by atoms with van der Waals surface area (Å²) in [5, 5.41) is 8.28. The van der Waals surface area contributed by atoms with Gasteiger partial charge in [0.25, 0.3) is 0 Å². The van der Waals surface area contributed by atoms with Crippen molar-refractivity contribution in [3.05, 3.63) is 71.2 Å². The predicted molar refractivity (Wildman–Crippen MR) is 184 cm³/mol. The summed E-state index contributed by atoms with van der Waals surface area (Å²) in [6, 6.07) is 21.2.